The molecule has 130 valence electrons. The molecular formula is C19H27N3O2. The van der Waals surface area contributed by atoms with Crippen molar-refractivity contribution in [3.05, 3.63) is 29.8 Å². The van der Waals surface area contributed by atoms with Crippen molar-refractivity contribution < 1.29 is 9.59 Å². The molecule has 2 aliphatic rings. The Hall–Kier alpha value is -1.88. The van der Waals surface area contributed by atoms with Gasteiger partial charge in [0.05, 0.1) is 5.92 Å². The van der Waals surface area contributed by atoms with E-state index >= 15 is 0 Å². The van der Waals surface area contributed by atoms with E-state index in [-0.39, 0.29) is 17.7 Å². The van der Waals surface area contributed by atoms with Crippen molar-refractivity contribution in [1.82, 2.24) is 10.2 Å². The fourth-order valence-electron chi connectivity index (χ4n) is 3.70. The number of rotatable bonds is 4. The minimum atomic E-state index is -0.219. The van der Waals surface area contributed by atoms with Gasteiger partial charge in [0.2, 0.25) is 11.8 Å². The van der Waals surface area contributed by atoms with Gasteiger partial charge in [-0.05, 0) is 50.0 Å². The molecule has 1 aromatic carbocycles. The monoisotopic (exact) mass is 329 g/mol. The lowest BCUT2D eigenvalue weighted by Gasteiger charge is -2.33. The summed E-state index contributed by atoms with van der Waals surface area (Å²) in [6, 6.07) is 8.38. The predicted molar refractivity (Wildman–Crippen MR) is 94.9 cm³/mol. The summed E-state index contributed by atoms with van der Waals surface area (Å²) >= 11 is 0. The summed E-state index contributed by atoms with van der Waals surface area (Å²) in [5.74, 6) is -0.0533. The molecule has 2 heterocycles. The number of hydrogen-bond donors (Lipinski definition) is 1. The summed E-state index contributed by atoms with van der Waals surface area (Å²) in [5.41, 5.74) is 2.15. The standard InChI is InChI=1S/C19H27N3O2/c1-3-14-4-6-17(7-5-14)22-13-15(12-18(22)23)19(24)21(2)16-8-10-20-11-9-16/h4-7,15-16,20H,3,8-13H2,1-2H3. The molecule has 3 rings (SSSR count). The van der Waals surface area contributed by atoms with Gasteiger partial charge in [-0.2, -0.15) is 0 Å². The van der Waals surface area contributed by atoms with Crippen molar-refractivity contribution in [1.29, 1.82) is 0 Å². The number of carbonyl (C=O) groups is 2. The van der Waals surface area contributed by atoms with Gasteiger partial charge in [0, 0.05) is 31.7 Å². The Morgan fingerprint density at radius 2 is 1.92 bits per heavy atom. The van der Waals surface area contributed by atoms with Crippen LogP contribution in [0.3, 0.4) is 0 Å². The van der Waals surface area contributed by atoms with Gasteiger partial charge in [0.25, 0.3) is 0 Å². The molecule has 1 unspecified atom stereocenters. The van der Waals surface area contributed by atoms with E-state index in [0.717, 1.165) is 38.0 Å². The first kappa shape index (κ1) is 17.0. The zero-order chi connectivity index (χ0) is 17.1. The molecule has 0 radical (unpaired) electrons. The molecule has 0 saturated carbocycles. The topological polar surface area (TPSA) is 52.7 Å². The smallest absolute Gasteiger partial charge is 0.228 e. The van der Waals surface area contributed by atoms with Crippen LogP contribution in [0.15, 0.2) is 24.3 Å². The Balaban J connectivity index is 1.65. The zero-order valence-corrected chi connectivity index (χ0v) is 14.6. The van der Waals surface area contributed by atoms with E-state index in [0.29, 0.717) is 19.0 Å². The number of anilines is 1. The van der Waals surface area contributed by atoms with Crippen LogP contribution >= 0.6 is 0 Å². The molecule has 2 aliphatic heterocycles. The third kappa shape index (κ3) is 3.46. The largest absolute Gasteiger partial charge is 0.342 e. The Labute approximate surface area is 144 Å². The fraction of sp³-hybridized carbons (Fsp3) is 0.579. The van der Waals surface area contributed by atoms with Crippen molar-refractivity contribution in [3.63, 3.8) is 0 Å². The number of carbonyl (C=O) groups excluding carboxylic acids is 2. The molecule has 1 atom stereocenters. The first-order valence-corrected chi connectivity index (χ1v) is 8.97. The maximum absolute atomic E-state index is 12.8. The molecule has 0 aromatic heterocycles. The molecule has 5 heteroatoms. The maximum Gasteiger partial charge on any atom is 0.228 e. The van der Waals surface area contributed by atoms with E-state index in [1.807, 2.05) is 24.1 Å². The highest BCUT2D eigenvalue weighted by Crippen LogP contribution is 2.27. The number of aryl methyl sites for hydroxylation is 1. The average Bonchev–Trinajstić information content (AvgIpc) is 3.03. The molecule has 5 nitrogen and oxygen atoms in total. The lowest BCUT2D eigenvalue weighted by Crippen LogP contribution is -2.46. The van der Waals surface area contributed by atoms with E-state index in [9.17, 15) is 9.59 Å². The van der Waals surface area contributed by atoms with E-state index in [2.05, 4.69) is 24.4 Å². The van der Waals surface area contributed by atoms with Crippen LogP contribution in [0.5, 0.6) is 0 Å². The highest BCUT2D eigenvalue weighted by Gasteiger charge is 2.37. The second-order valence-electron chi connectivity index (χ2n) is 6.86. The lowest BCUT2D eigenvalue weighted by atomic mass is 10.0. The highest BCUT2D eigenvalue weighted by atomic mass is 16.2. The van der Waals surface area contributed by atoms with Gasteiger partial charge in [-0.25, -0.2) is 0 Å². The van der Waals surface area contributed by atoms with Gasteiger partial charge in [-0.3, -0.25) is 9.59 Å². The number of amides is 2. The molecule has 2 saturated heterocycles. The molecule has 0 aliphatic carbocycles. The quantitative estimate of drug-likeness (QED) is 0.917. The second-order valence-corrected chi connectivity index (χ2v) is 6.86. The van der Waals surface area contributed by atoms with Crippen LogP contribution in [0.1, 0.15) is 31.7 Å². The number of benzene rings is 1. The minimum absolute atomic E-state index is 0.0521. The van der Waals surface area contributed by atoms with E-state index in [1.54, 1.807) is 4.90 Å². The number of piperidine rings is 1. The number of nitrogens with zero attached hydrogens (tertiary/aromatic N) is 2. The molecule has 0 spiro atoms. The van der Waals surface area contributed by atoms with Gasteiger partial charge in [0.1, 0.15) is 0 Å². The average molecular weight is 329 g/mol. The summed E-state index contributed by atoms with van der Waals surface area (Å²) in [6.07, 6.45) is 3.29. The second kappa shape index (κ2) is 7.34. The maximum atomic E-state index is 12.8. The van der Waals surface area contributed by atoms with Crippen LogP contribution in [0.2, 0.25) is 0 Å². The lowest BCUT2D eigenvalue weighted by molar-refractivity contribution is -0.137. The Kier molecular flexibility index (Phi) is 5.19. The predicted octanol–water partition coefficient (Wildman–Crippen LogP) is 1.81. The molecule has 24 heavy (non-hydrogen) atoms. The van der Waals surface area contributed by atoms with Crippen LogP contribution < -0.4 is 10.2 Å². The third-order valence-electron chi connectivity index (χ3n) is 5.33. The molecule has 0 bridgehead atoms. The van der Waals surface area contributed by atoms with Crippen molar-refractivity contribution in [2.24, 2.45) is 5.92 Å². The zero-order valence-electron chi connectivity index (χ0n) is 14.6. The van der Waals surface area contributed by atoms with E-state index < -0.39 is 0 Å². The van der Waals surface area contributed by atoms with E-state index in [1.165, 1.54) is 5.56 Å². The van der Waals surface area contributed by atoms with Crippen LogP contribution in [-0.4, -0.2) is 49.4 Å². The van der Waals surface area contributed by atoms with Gasteiger partial charge < -0.3 is 15.1 Å². The minimum Gasteiger partial charge on any atom is -0.342 e. The molecule has 1 aromatic rings. The summed E-state index contributed by atoms with van der Waals surface area (Å²) < 4.78 is 0. The Bertz CT molecular complexity index is 593. The molecule has 1 N–H and O–H groups in total. The van der Waals surface area contributed by atoms with Crippen molar-refractivity contribution in [2.75, 3.05) is 31.6 Å². The summed E-state index contributed by atoms with van der Waals surface area (Å²) in [7, 11) is 1.89. The van der Waals surface area contributed by atoms with Crippen LogP contribution in [-0.2, 0) is 16.0 Å². The first-order valence-electron chi connectivity index (χ1n) is 8.97. The molecular weight excluding hydrogens is 302 g/mol. The Morgan fingerprint density at radius 3 is 2.54 bits per heavy atom. The van der Waals surface area contributed by atoms with Crippen LogP contribution in [0, 0.1) is 5.92 Å². The van der Waals surface area contributed by atoms with Gasteiger partial charge in [-0.1, -0.05) is 19.1 Å². The van der Waals surface area contributed by atoms with Gasteiger partial charge in [0.15, 0.2) is 0 Å². The molecule has 2 fully saturated rings. The number of hydrogen-bond acceptors (Lipinski definition) is 3. The highest BCUT2D eigenvalue weighted by molar-refractivity contribution is 6.00. The normalized spacial score (nSPS) is 22.0. The molecule has 2 amide bonds. The van der Waals surface area contributed by atoms with Crippen molar-refractivity contribution in [3.8, 4) is 0 Å². The SMILES string of the molecule is CCc1ccc(N2CC(C(=O)N(C)C3CCNCC3)CC2=O)cc1. The van der Waals surface area contributed by atoms with E-state index in [4.69, 9.17) is 0 Å². The fourth-order valence-corrected chi connectivity index (χ4v) is 3.70. The summed E-state index contributed by atoms with van der Waals surface area (Å²) in [4.78, 5) is 28.8. The third-order valence-corrected chi connectivity index (χ3v) is 5.33. The van der Waals surface area contributed by atoms with Crippen LogP contribution in [0.4, 0.5) is 5.69 Å². The van der Waals surface area contributed by atoms with Gasteiger partial charge in [-0.15, -0.1) is 0 Å². The van der Waals surface area contributed by atoms with Gasteiger partial charge >= 0.3 is 0 Å². The van der Waals surface area contributed by atoms with Crippen molar-refractivity contribution in [2.45, 2.75) is 38.6 Å². The van der Waals surface area contributed by atoms with Crippen LogP contribution in [0.25, 0.3) is 0 Å². The summed E-state index contributed by atoms with van der Waals surface area (Å²) in [5, 5.41) is 3.32. The number of nitrogens with one attached hydrogen (secondary N) is 1. The first-order chi connectivity index (χ1) is 11.6. The Morgan fingerprint density at radius 1 is 1.25 bits per heavy atom. The summed E-state index contributed by atoms with van der Waals surface area (Å²) in [6.45, 7) is 4.53. The van der Waals surface area contributed by atoms with Crippen molar-refractivity contribution >= 4 is 17.5 Å².